The highest BCUT2D eigenvalue weighted by Gasteiger charge is 2.19. The molecule has 0 spiro atoms. The number of carbonyl (C=O) groups excluding carboxylic acids is 1. The first-order valence-electron chi connectivity index (χ1n) is 10.8. The van der Waals surface area contributed by atoms with E-state index in [1.165, 1.54) is 4.52 Å². The van der Waals surface area contributed by atoms with Gasteiger partial charge in [-0.1, -0.05) is 60.7 Å². The van der Waals surface area contributed by atoms with Gasteiger partial charge in [-0.15, -0.1) is 5.10 Å². The lowest BCUT2D eigenvalue weighted by molar-refractivity contribution is -0.121. The molecular formula is C25H27N5O2. The fourth-order valence-corrected chi connectivity index (χ4v) is 3.80. The zero-order chi connectivity index (χ0) is 22.7. The van der Waals surface area contributed by atoms with Crippen molar-refractivity contribution in [2.45, 2.75) is 46.2 Å². The van der Waals surface area contributed by atoms with E-state index in [1.807, 2.05) is 86.0 Å². The number of rotatable bonds is 7. The van der Waals surface area contributed by atoms with E-state index < -0.39 is 0 Å². The summed E-state index contributed by atoms with van der Waals surface area (Å²) < 4.78 is 3.37. The van der Waals surface area contributed by atoms with Gasteiger partial charge >= 0.3 is 0 Å². The first kappa shape index (κ1) is 21.5. The second-order valence-corrected chi connectivity index (χ2v) is 8.18. The van der Waals surface area contributed by atoms with E-state index in [0.29, 0.717) is 30.1 Å². The Morgan fingerprint density at radius 2 is 1.69 bits per heavy atom. The van der Waals surface area contributed by atoms with Crippen LogP contribution in [0.25, 0.3) is 17.2 Å². The van der Waals surface area contributed by atoms with Gasteiger partial charge in [-0.2, -0.15) is 9.50 Å². The number of nitrogens with one attached hydrogen (secondary N) is 1. The number of fused-ring (bicyclic) bond motifs is 1. The number of hydrogen-bond donors (Lipinski definition) is 1. The summed E-state index contributed by atoms with van der Waals surface area (Å²) in [6, 6.07) is 19.7. The molecule has 0 aliphatic heterocycles. The smallest absolute Gasteiger partial charge is 0.279 e. The molecule has 0 atom stereocenters. The number of aromatic nitrogens is 4. The molecular weight excluding hydrogens is 402 g/mol. The van der Waals surface area contributed by atoms with Crippen LogP contribution in [0, 0.1) is 6.92 Å². The third-order valence-electron chi connectivity index (χ3n) is 5.39. The summed E-state index contributed by atoms with van der Waals surface area (Å²) in [6.45, 7) is 6.30. The Labute approximate surface area is 186 Å². The van der Waals surface area contributed by atoms with E-state index in [0.717, 1.165) is 16.8 Å². The third kappa shape index (κ3) is 4.46. The highest BCUT2D eigenvalue weighted by molar-refractivity contribution is 5.76. The van der Waals surface area contributed by atoms with E-state index >= 15 is 0 Å². The number of amides is 1. The Kier molecular flexibility index (Phi) is 6.16. The van der Waals surface area contributed by atoms with Gasteiger partial charge in [0, 0.05) is 29.3 Å². The van der Waals surface area contributed by atoms with Crippen LogP contribution in [-0.2, 0) is 17.8 Å². The molecule has 2 aromatic heterocycles. The zero-order valence-electron chi connectivity index (χ0n) is 18.6. The molecule has 0 aliphatic rings. The van der Waals surface area contributed by atoms with Crippen molar-refractivity contribution in [3.63, 3.8) is 0 Å². The molecule has 32 heavy (non-hydrogen) atoms. The molecule has 0 fully saturated rings. The van der Waals surface area contributed by atoms with Crippen LogP contribution in [0.4, 0.5) is 0 Å². The average Bonchev–Trinajstić information content (AvgIpc) is 3.23. The molecule has 7 heteroatoms. The molecule has 1 N–H and O–H groups in total. The van der Waals surface area contributed by atoms with Crippen molar-refractivity contribution in [1.82, 2.24) is 24.5 Å². The maximum absolute atomic E-state index is 13.3. The van der Waals surface area contributed by atoms with Gasteiger partial charge in [0.05, 0.1) is 6.54 Å². The highest BCUT2D eigenvalue weighted by Crippen LogP contribution is 2.18. The van der Waals surface area contributed by atoms with Gasteiger partial charge < -0.3 is 9.88 Å². The molecule has 1 amide bonds. The van der Waals surface area contributed by atoms with Gasteiger partial charge in [0.1, 0.15) is 0 Å². The largest absolute Gasteiger partial charge is 0.354 e. The van der Waals surface area contributed by atoms with Gasteiger partial charge in [0.15, 0.2) is 5.82 Å². The number of carbonyl (C=O) groups is 1. The number of benzene rings is 2. The zero-order valence-corrected chi connectivity index (χ0v) is 18.6. The third-order valence-corrected chi connectivity index (χ3v) is 5.39. The Morgan fingerprint density at radius 3 is 2.34 bits per heavy atom. The van der Waals surface area contributed by atoms with Crippen LogP contribution in [-0.4, -0.2) is 31.1 Å². The Balaban J connectivity index is 1.82. The standard InChI is InChI=1S/C25H27N5O2/c1-17(2)26-22(31)15-14-21-18(3)29(16-19-10-6-4-7-11-19)25-27-23(28-30(25)24(21)32)20-12-8-5-9-13-20/h4-13,17H,14-16H2,1-3H3,(H,26,31). The van der Waals surface area contributed by atoms with Gasteiger partial charge in [0.2, 0.25) is 11.7 Å². The Morgan fingerprint density at radius 1 is 1.03 bits per heavy atom. The maximum Gasteiger partial charge on any atom is 0.279 e. The summed E-state index contributed by atoms with van der Waals surface area (Å²) in [6.07, 6.45) is 0.583. The van der Waals surface area contributed by atoms with E-state index in [-0.39, 0.29) is 23.9 Å². The van der Waals surface area contributed by atoms with Crippen LogP contribution in [0.2, 0.25) is 0 Å². The van der Waals surface area contributed by atoms with Gasteiger partial charge in [-0.3, -0.25) is 9.59 Å². The van der Waals surface area contributed by atoms with Crippen molar-refractivity contribution in [3.8, 4) is 11.4 Å². The summed E-state index contributed by atoms with van der Waals surface area (Å²) in [5, 5.41) is 7.42. The molecule has 2 heterocycles. The van der Waals surface area contributed by atoms with Crippen LogP contribution in [0.15, 0.2) is 65.5 Å². The van der Waals surface area contributed by atoms with E-state index in [2.05, 4.69) is 10.4 Å². The Bertz CT molecular complexity index is 1290. The molecule has 164 valence electrons. The number of hydrogen-bond acceptors (Lipinski definition) is 4. The van der Waals surface area contributed by atoms with Crippen LogP contribution in [0.1, 0.15) is 37.1 Å². The lowest BCUT2D eigenvalue weighted by atomic mass is 10.1. The predicted octanol–water partition coefficient (Wildman–Crippen LogP) is 3.37. The first-order valence-corrected chi connectivity index (χ1v) is 10.8. The topological polar surface area (TPSA) is 81.3 Å². The van der Waals surface area contributed by atoms with Gasteiger partial charge in [-0.05, 0) is 32.8 Å². The normalized spacial score (nSPS) is 11.2. The predicted molar refractivity (Wildman–Crippen MR) is 125 cm³/mol. The lowest BCUT2D eigenvalue weighted by Gasteiger charge is -2.16. The van der Waals surface area contributed by atoms with E-state index in [1.54, 1.807) is 0 Å². The molecule has 0 aliphatic carbocycles. The molecule has 0 unspecified atom stereocenters. The monoisotopic (exact) mass is 429 g/mol. The minimum atomic E-state index is -0.228. The molecule has 0 bridgehead atoms. The van der Waals surface area contributed by atoms with E-state index in [9.17, 15) is 9.59 Å². The summed E-state index contributed by atoms with van der Waals surface area (Å²) in [5.41, 5.74) is 3.09. The minimum Gasteiger partial charge on any atom is -0.354 e. The van der Waals surface area contributed by atoms with Crippen LogP contribution in [0.5, 0.6) is 0 Å². The summed E-state index contributed by atoms with van der Waals surface area (Å²) in [7, 11) is 0. The van der Waals surface area contributed by atoms with Crippen molar-refractivity contribution >= 4 is 11.7 Å². The fraction of sp³-hybridized carbons (Fsp3) is 0.280. The molecule has 7 nitrogen and oxygen atoms in total. The van der Waals surface area contributed by atoms with Crippen molar-refractivity contribution in [3.05, 3.63) is 87.8 Å². The van der Waals surface area contributed by atoms with Gasteiger partial charge in [0.25, 0.3) is 5.56 Å². The van der Waals surface area contributed by atoms with Crippen LogP contribution < -0.4 is 10.9 Å². The van der Waals surface area contributed by atoms with Crippen molar-refractivity contribution < 1.29 is 4.79 Å². The molecule has 0 radical (unpaired) electrons. The summed E-state index contributed by atoms with van der Waals surface area (Å²) >= 11 is 0. The summed E-state index contributed by atoms with van der Waals surface area (Å²) in [5.74, 6) is 0.918. The summed E-state index contributed by atoms with van der Waals surface area (Å²) in [4.78, 5) is 30.3. The molecule has 0 saturated heterocycles. The number of nitrogens with zero attached hydrogens (tertiary/aromatic N) is 4. The molecule has 4 aromatic rings. The minimum absolute atomic E-state index is 0.0598. The van der Waals surface area contributed by atoms with Crippen molar-refractivity contribution in [2.75, 3.05) is 0 Å². The second kappa shape index (κ2) is 9.18. The quantitative estimate of drug-likeness (QED) is 0.488. The maximum atomic E-state index is 13.3. The molecule has 2 aromatic carbocycles. The van der Waals surface area contributed by atoms with Crippen LogP contribution >= 0.6 is 0 Å². The molecule has 4 rings (SSSR count). The lowest BCUT2D eigenvalue weighted by Crippen LogP contribution is -2.32. The SMILES string of the molecule is Cc1c(CCC(=O)NC(C)C)c(=O)n2nc(-c3ccccc3)nc2n1Cc1ccccc1. The molecule has 0 saturated carbocycles. The van der Waals surface area contributed by atoms with Gasteiger partial charge in [-0.25, -0.2) is 0 Å². The average molecular weight is 430 g/mol. The van der Waals surface area contributed by atoms with E-state index in [4.69, 9.17) is 4.98 Å². The van der Waals surface area contributed by atoms with Crippen molar-refractivity contribution in [1.29, 1.82) is 0 Å². The van der Waals surface area contributed by atoms with Crippen LogP contribution in [0.3, 0.4) is 0 Å². The second-order valence-electron chi connectivity index (χ2n) is 8.18. The highest BCUT2D eigenvalue weighted by atomic mass is 16.1. The Hall–Kier alpha value is -3.74. The first-order chi connectivity index (χ1) is 15.4. The fourth-order valence-electron chi connectivity index (χ4n) is 3.80. The van der Waals surface area contributed by atoms with Crippen molar-refractivity contribution in [2.24, 2.45) is 0 Å².